The molecule has 100 valence electrons. The Balaban J connectivity index is 2.25. The zero-order valence-electron chi connectivity index (χ0n) is 12.1. The maximum atomic E-state index is 2.41. The van der Waals surface area contributed by atoms with Crippen LogP contribution in [0, 0.1) is 6.92 Å². The number of hydrogen-bond acceptors (Lipinski definition) is 0. The second-order valence-electron chi connectivity index (χ2n) is 6.21. The summed E-state index contributed by atoms with van der Waals surface area (Å²) in [5.74, 6) is 0. The van der Waals surface area contributed by atoms with E-state index in [9.17, 15) is 0 Å². The topological polar surface area (TPSA) is 0 Å². The summed E-state index contributed by atoms with van der Waals surface area (Å²) in [5, 5.41) is 10.0. The van der Waals surface area contributed by atoms with Crippen LogP contribution in [0.15, 0.2) is 48.5 Å². The highest BCUT2D eigenvalue weighted by Gasteiger charge is 2.15. The molecule has 21 heavy (non-hydrogen) atoms. The van der Waals surface area contributed by atoms with Crippen LogP contribution in [-0.2, 0) is 6.42 Å². The summed E-state index contributed by atoms with van der Waals surface area (Å²) in [7, 11) is 0. The number of hydrogen-bond donors (Lipinski definition) is 0. The molecule has 0 saturated carbocycles. The quantitative estimate of drug-likeness (QED) is 0.314. The van der Waals surface area contributed by atoms with Crippen molar-refractivity contribution >= 4 is 38.4 Å². The molecule has 0 amide bonds. The molecule has 4 aromatic carbocycles. The van der Waals surface area contributed by atoms with Gasteiger partial charge in [-0.05, 0) is 68.4 Å². The molecule has 0 N–H and O–H groups in total. The second kappa shape index (κ2) is 3.85. The third kappa shape index (κ3) is 1.40. The Morgan fingerprint density at radius 1 is 0.810 bits per heavy atom. The van der Waals surface area contributed by atoms with Crippen molar-refractivity contribution in [1.29, 1.82) is 0 Å². The molecule has 0 aliphatic heterocycles. The van der Waals surface area contributed by atoms with Gasteiger partial charge in [-0.2, -0.15) is 0 Å². The van der Waals surface area contributed by atoms with Crippen LogP contribution in [0.3, 0.4) is 0 Å². The van der Waals surface area contributed by atoms with E-state index in [4.69, 9.17) is 0 Å². The zero-order valence-corrected chi connectivity index (χ0v) is 12.1. The van der Waals surface area contributed by atoms with E-state index in [1.165, 1.54) is 43.1 Å². The van der Waals surface area contributed by atoms with Gasteiger partial charge in [0.2, 0.25) is 0 Å². The van der Waals surface area contributed by atoms with Crippen LogP contribution in [0.4, 0.5) is 0 Å². The average Bonchev–Trinajstić information content (AvgIpc) is 2.51. The molecule has 0 fully saturated rings. The first-order valence-electron chi connectivity index (χ1n) is 7.69. The van der Waals surface area contributed by atoms with Crippen molar-refractivity contribution in [2.24, 2.45) is 0 Å². The maximum Gasteiger partial charge on any atom is -0.00296 e. The van der Waals surface area contributed by atoms with Gasteiger partial charge in [0, 0.05) is 0 Å². The van der Waals surface area contributed by atoms with Crippen LogP contribution in [0.25, 0.3) is 38.4 Å². The van der Waals surface area contributed by atoms with Gasteiger partial charge in [0.1, 0.15) is 0 Å². The highest BCUT2D eigenvalue weighted by atomic mass is 14.2. The van der Waals surface area contributed by atoms with Crippen molar-refractivity contribution in [2.45, 2.75) is 19.8 Å². The first-order valence-corrected chi connectivity index (χ1v) is 7.69. The Kier molecular flexibility index (Phi) is 2.08. The molecule has 0 saturated heterocycles. The molecule has 0 nitrogen and oxygen atoms in total. The van der Waals surface area contributed by atoms with Crippen molar-refractivity contribution in [1.82, 2.24) is 0 Å². The van der Waals surface area contributed by atoms with Gasteiger partial charge < -0.3 is 0 Å². The Bertz CT molecular complexity index is 1080. The van der Waals surface area contributed by atoms with Crippen molar-refractivity contribution in [3.63, 3.8) is 0 Å². The molecule has 1 aliphatic rings. The largest absolute Gasteiger partial charge is 0.0763 e. The van der Waals surface area contributed by atoms with Crippen LogP contribution in [0.5, 0.6) is 0 Å². The first-order chi connectivity index (χ1) is 10.3. The lowest BCUT2D eigenvalue weighted by molar-refractivity contribution is 1.05. The molecular formula is C21H16. The minimum atomic E-state index is 1.16. The highest BCUT2D eigenvalue weighted by Crippen LogP contribution is 2.37. The molecular weight excluding hydrogens is 252 g/mol. The number of benzene rings is 4. The van der Waals surface area contributed by atoms with Crippen molar-refractivity contribution < 1.29 is 0 Å². The second-order valence-corrected chi connectivity index (χ2v) is 6.21. The molecule has 4 aromatic rings. The fraction of sp³-hybridized carbons (Fsp3) is 0.143. The third-order valence-corrected chi connectivity index (χ3v) is 4.89. The summed E-state index contributed by atoms with van der Waals surface area (Å²) in [6.45, 7) is 2.21. The number of fused-ring (bicyclic) bond motifs is 2. The lowest BCUT2D eigenvalue weighted by atomic mass is 9.85. The summed E-state index contributed by atoms with van der Waals surface area (Å²) in [6.07, 6.45) is 4.73. The van der Waals surface area contributed by atoms with E-state index in [0.29, 0.717) is 0 Å². The van der Waals surface area contributed by atoms with Crippen molar-refractivity contribution in [2.75, 3.05) is 0 Å². The molecule has 1 aliphatic carbocycles. The molecule has 0 heteroatoms. The molecule has 0 bridgehead atoms. The van der Waals surface area contributed by atoms with Gasteiger partial charge in [0.05, 0.1) is 0 Å². The van der Waals surface area contributed by atoms with E-state index in [1.807, 2.05) is 0 Å². The Hall–Kier alpha value is -2.34. The highest BCUT2D eigenvalue weighted by molar-refractivity contribution is 6.23. The summed E-state index contributed by atoms with van der Waals surface area (Å²) in [5.41, 5.74) is 2.91. The summed E-state index contributed by atoms with van der Waals surface area (Å²) < 4.78 is 0. The van der Waals surface area contributed by atoms with Crippen LogP contribution >= 0.6 is 0 Å². The normalized spacial score (nSPS) is 14.0. The SMILES string of the molecule is Cc1cc2c3c(c4cccc5cccc(c3c1)c54)CCC=2. The lowest BCUT2D eigenvalue weighted by Crippen LogP contribution is -2.11. The minimum absolute atomic E-state index is 1.16. The minimum Gasteiger partial charge on any atom is -0.0763 e. The van der Waals surface area contributed by atoms with E-state index in [1.54, 1.807) is 5.56 Å². The predicted octanol–water partition coefficient (Wildman–Crippen LogP) is 4.90. The van der Waals surface area contributed by atoms with Crippen LogP contribution in [-0.4, -0.2) is 0 Å². The summed E-state index contributed by atoms with van der Waals surface area (Å²) in [4.78, 5) is 0. The van der Waals surface area contributed by atoms with Gasteiger partial charge >= 0.3 is 0 Å². The van der Waals surface area contributed by atoms with Crippen LogP contribution in [0.2, 0.25) is 0 Å². The predicted molar refractivity (Wildman–Crippen MR) is 91.7 cm³/mol. The fourth-order valence-corrected chi connectivity index (χ4v) is 4.11. The first kappa shape index (κ1) is 11.3. The molecule has 5 rings (SSSR count). The van der Waals surface area contributed by atoms with Gasteiger partial charge in [0.15, 0.2) is 0 Å². The molecule has 0 unspecified atom stereocenters. The van der Waals surface area contributed by atoms with E-state index in [-0.39, 0.29) is 0 Å². The van der Waals surface area contributed by atoms with Gasteiger partial charge in [-0.3, -0.25) is 0 Å². The van der Waals surface area contributed by atoms with Gasteiger partial charge in [-0.25, -0.2) is 0 Å². The number of aryl methyl sites for hydroxylation is 2. The zero-order chi connectivity index (χ0) is 14.0. The average molecular weight is 268 g/mol. The van der Waals surface area contributed by atoms with Crippen LogP contribution < -0.4 is 5.22 Å². The fourth-order valence-electron chi connectivity index (χ4n) is 4.11. The third-order valence-electron chi connectivity index (χ3n) is 4.89. The molecule has 0 radical (unpaired) electrons. The Labute approximate surface area is 123 Å². The van der Waals surface area contributed by atoms with E-state index < -0.39 is 0 Å². The summed E-state index contributed by atoms with van der Waals surface area (Å²) >= 11 is 0. The van der Waals surface area contributed by atoms with Gasteiger partial charge in [-0.1, -0.05) is 54.6 Å². The van der Waals surface area contributed by atoms with Crippen molar-refractivity contribution in [3.8, 4) is 0 Å². The van der Waals surface area contributed by atoms with E-state index in [2.05, 4.69) is 61.5 Å². The summed E-state index contributed by atoms with van der Waals surface area (Å²) in [6, 6.07) is 18.2. The Morgan fingerprint density at radius 2 is 1.62 bits per heavy atom. The molecule has 0 heterocycles. The molecule has 0 spiro atoms. The Morgan fingerprint density at radius 3 is 2.48 bits per heavy atom. The van der Waals surface area contributed by atoms with Crippen LogP contribution in [0.1, 0.15) is 17.5 Å². The molecule has 0 aromatic heterocycles. The maximum absolute atomic E-state index is 2.41. The molecule has 0 atom stereocenters. The number of rotatable bonds is 0. The smallest absolute Gasteiger partial charge is 0.00296 e. The van der Waals surface area contributed by atoms with E-state index >= 15 is 0 Å². The van der Waals surface area contributed by atoms with Crippen molar-refractivity contribution in [3.05, 3.63) is 64.9 Å². The monoisotopic (exact) mass is 268 g/mol. The lowest BCUT2D eigenvalue weighted by Gasteiger charge is -2.18. The van der Waals surface area contributed by atoms with Gasteiger partial charge in [0.25, 0.3) is 0 Å². The van der Waals surface area contributed by atoms with E-state index in [0.717, 1.165) is 12.8 Å². The van der Waals surface area contributed by atoms with Gasteiger partial charge in [-0.15, -0.1) is 0 Å². The standard InChI is InChI=1S/C21H16/c1-13-11-15-7-4-9-17-16-8-2-5-14-6-3-10-18(20(14)16)19(12-13)21(15)17/h2-3,5-8,10-12H,4,9H2,1H3.